The molecule has 0 spiro atoms. The van der Waals surface area contributed by atoms with Crippen molar-refractivity contribution in [3.63, 3.8) is 0 Å². The Morgan fingerprint density at radius 3 is 2.43 bits per heavy atom. The van der Waals surface area contributed by atoms with E-state index in [9.17, 15) is 13.2 Å². The van der Waals surface area contributed by atoms with Crippen LogP contribution in [0.4, 0.5) is 0 Å². The molecule has 0 aliphatic carbocycles. The molecule has 0 bridgehead atoms. The molecule has 5 nitrogen and oxygen atoms in total. The van der Waals surface area contributed by atoms with Crippen LogP contribution in [-0.2, 0) is 21.3 Å². The van der Waals surface area contributed by atoms with Gasteiger partial charge in [-0.25, -0.2) is 13.2 Å². The lowest BCUT2D eigenvalue weighted by Crippen LogP contribution is -2.26. The van der Waals surface area contributed by atoms with E-state index in [0.717, 1.165) is 5.56 Å². The van der Waals surface area contributed by atoms with Crippen molar-refractivity contribution < 1.29 is 17.9 Å². The molecule has 0 radical (unpaired) electrons. The molecule has 0 saturated heterocycles. The van der Waals surface area contributed by atoms with Crippen molar-refractivity contribution in [2.75, 3.05) is 14.2 Å². The molecule has 0 unspecified atom stereocenters. The van der Waals surface area contributed by atoms with E-state index in [0.29, 0.717) is 12.1 Å². The summed E-state index contributed by atoms with van der Waals surface area (Å²) in [5, 5.41) is 3.81. The molecule has 21 heavy (non-hydrogen) atoms. The molecule has 0 fully saturated rings. The number of benzene rings is 1. The molecule has 1 heterocycles. The van der Waals surface area contributed by atoms with E-state index in [1.54, 1.807) is 0 Å². The van der Waals surface area contributed by atoms with Crippen LogP contribution in [0.1, 0.15) is 15.9 Å². The van der Waals surface area contributed by atoms with Crippen LogP contribution in [0, 0.1) is 0 Å². The smallest absolute Gasteiger partial charge is 0.337 e. The second kappa shape index (κ2) is 6.38. The summed E-state index contributed by atoms with van der Waals surface area (Å²) < 4.78 is 30.7. The number of ether oxygens (including phenoxy) is 1. The Balaban J connectivity index is 2.20. The zero-order chi connectivity index (χ0) is 15.5. The zero-order valence-corrected chi connectivity index (χ0v) is 13.3. The van der Waals surface area contributed by atoms with Crippen LogP contribution < -0.4 is 0 Å². The largest absolute Gasteiger partial charge is 0.465 e. The lowest BCUT2D eigenvalue weighted by Gasteiger charge is -2.16. The molecule has 2 aromatic rings. The average Bonchev–Trinajstić information content (AvgIpc) is 2.99. The Morgan fingerprint density at radius 1 is 1.24 bits per heavy atom. The van der Waals surface area contributed by atoms with Gasteiger partial charge >= 0.3 is 5.97 Å². The topological polar surface area (TPSA) is 63.7 Å². The highest BCUT2D eigenvalue weighted by Gasteiger charge is 2.21. The van der Waals surface area contributed by atoms with Crippen molar-refractivity contribution in [3.8, 4) is 0 Å². The van der Waals surface area contributed by atoms with Crippen molar-refractivity contribution in [1.82, 2.24) is 4.31 Å². The summed E-state index contributed by atoms with van der Waals surface area (Å²) in [7, 11) is -0.770. The van der Waals surface area contributed by atoms with E-state index in [1.165, 1.54) is 54.1 Å². The predicted molar refractivity (Wildman–Crippen MR) is 80.8 cm³/mol. The standard InChI is InChI=1S/C14H15NO4S2/c1-15(9-11-7-8-20-10-11)21(17,18)13-5-3-12(4-6-13)14(16)19-2/h3-8,10H,9H2,1-2H3. The number of nitrogens with zero attached hydrogens (tertiary/aromatic N) is 1. The monoisotopic (exact) mass is 325 g/mol. The van der Waals surface area contributed by atoms with Crippen molar-refractivity contribution in [2.45, 2.75) is 11.4 Å². The van der Waals surface area contributed by atoms with Crippen LogP contribution in [0.5, 0.6) is 0 Å². The Kier molecular flexibility index (Phi) is 4.76. The van der Waals surface area contributed by atoms with Gasteiger partial charge in [0.2, 0.25) is 10.0 Å². The molecule has 7 heteroatoms. The third-order valence-electron chi connectivity index (χ3n) is 2.97. The maximum absolute atomic E-state index is 12.4. The maximum atomic E-state index is 12.4. The highest BCUT2D eigenvalue weighted by Crippen LogP contribution is 2.18. The highest BCUT2D eigenvalue weighted by atomic mass is 32.2. The summed E-state index contributed by atoms with van der Waals surface area (Å²) in [6, 6.07) is 7.59. The summed E-state index contributed by atoms with van der Waals surface area (Å²) in [4.78, 5) is 11.5. The van der Waals surface area contributed by atoms with E-state index in [-0.39, 0.29) is 4.90 Å². The molecule has 0 aliphatic heterocycles. The molecular weight excluding hydrogens is 310 g/mol. The fourth-order valence-electron chi connectivity index (χ4n) is 1.79. The van der Waals surface area contributed by atoms with Gasteiger partial charge in [0.25, 0.3) is 0 Å². The molecule has 1 aromatic carbocycles. The van der Waals surface area contributed by atoms with Crippen LogP contribution in [0.2, 0.25) is 0 Å². The second-order valence-corrected chi connectivity index (χ2v) is 7.23. The van der Waals surface area contributed by atoms with Gasteiger partial charge in [0.05, 0.1) is 17.6 Å². The number of carbonyl (C=O) groups is 1. The van der Waals surface area contributed by atoms with Gasteiger partial charge in [-0.05, 0) is 46.7 Å². The molecule has 0 aliphatic rings. The normalized spacial score (nSPS) is 11.6. The number of esters is 1. The van der Waals surface area contributed by atoms with Gasteiger partial charge in [-0.1, -0.05) is 0 Å². The molecule has 0 amide bonds. The molecule has 0 atom stereocenters. The lowest BCUT2D eigenvalue weighted by atomic mass is 10.2. The van der Waals surface area contributed by atoms with Crippen molar-refractivity contribution in [2.24, 2.45) is 0 Å². The number of methoxy groups -OCH3 is 1. The van der Waals surface area contributed by atoms with E-state index < -0.39 is 16.0 Å². The number of rotatable bonds is 5. The molecule has 112 valence electrons. The first-order valence-electron chi connectivity index (χ1n) is 6.11. The first-order valence-corrected chi connectivity index (χ1v) is 8.49. The average molecular weight is 325 g/mol. The van der Waals surface area contributed by atoms with Crippen LogP contribution in [0.25, 0.3) is 0 Å². The highest BCUT2D eigenvalue weighted by molar-refractivity contribution is 7.89. The number of hydrogen-bond acceptors (Lipinski definition) is 5. The summed E-state index contributed by atoms with van der Waals surface area (Å²) in [6.07, 6.45) is 0. The minimum absolute atomic E-state index is 0.146. The van der Waals surface area contributed by atoms with Gasteiger partial charge in [-0.2, -0.15) is 15.6 Å². The maximum Gasteiger partial charge on any atom is 0.337 e. The summed E-state index contributed by atoms with van der Waals surface area (Å²) >= 11 is 1.52. The second-order valence-electron chi connectivity index (χ2n) is 4.41. The molecule has 1 aromatic heterocycles. The Hall–Kier alpha value is -1.70. The zero-order valence-electron chi connectivity index (χ0n) is 11.6. The van der Waals surface area contributed by atoms with Gasteiger partial charge in [-0.15, -0.1) is 0 Å². The van der Waals surface area contributed by atoms with Crippen LogP contribution in [-0.4, -0.2) is 32.8 Å². The van der Waals surface area contributed by atoms with Gasteiger partial charge in [0.1, 0.15) is 0 Å². The van der Waals surface area contributed by atoms with Gasteiger partial charge in [0, 0.05) is 13.6 Å². The summed E-state index contributed by atoms with van der Waals surface area (Å²) in [6.45, 7) is 0.310. The third kappa shape index (κ3) is 3.49. The molecule has 0 saturated carbocycles. The van der Waals surface area contributed by atoms with E-state index in [1.807, 2.05) is 16.8 Å². The van der Waals surface area contributed by atoms with Crippen LogP contribution >= 0.6 is 11.3 Å². The molecular formula is C14H15NO4S2. The Bertz CT molecular complexity index is 706. The van der Waals surface area contributed by atoms with Crippen molar-refractivity contribution in [3.05, 3.63) is 52.2 Å². The van der Waals surface area contributed by atoms with Gasteiger partial charge < -0.3 is 4.74 Å². The Labute approximate surface area is 127 Å². The van der Waals surface area contributed by atoms with Gasteiger partial charge in [-0.3, -0.25) is 0 Å². The van der Waals surface area contributed by atoms with E-state index in [2.05, 4.69) is 4.74 Å². The fourth-order valence-corrected chi connectivity index (χ4v) is 3.60. The SMILES string of the molecule is COC(=O)c1ccc(S(=O)(=O)N(C)Cc2ccsc2)cc1. The molecule has 2 rings (SSSR count). The minimum atomic E-state index is -3.58. The molecule has 0 N–H and O–H groups in total. The van der Waals surface area contributed by atoms with E-state index in [4.69, 9.17) is 0 Å². The lowest BCUT2D eigenvalue weighted by molar-refractivity contribution is 0.0600. The first kappa shape index (κ1) is 15.7. The fraction of sp³-hybridized carbons (Fsp3) is 0.214. The first-order chi connectivity index (χ1) is 9.95. The predicted octanol–water partition coefficient (Wildman–Crippen LogP) is 2.36. The van der Waals surface area contributed by atoms with Crippen LogP contribution in [0.3, 0.4) is 0 Å². The number of sulfonamides is 1. The number of thiophene rings is 1. The number of hydrogen-bond donors (Lipinski definition) is 0. The summed E-state index contributed by atoms with van der Waals surface area (Å²) in [5.41, 5.74) is 1.26. The Morgan fingerprint density at radius 2 is 1.90 bits per heavy atom. The third-order valence-corrected chi connectivity index (χ3v) is 5.52. The number of carbonyl (C=O) groups excluding carboxylic acids is 1. The van der Waals surface area contributed by atoms with Crippen molar-refractivity contribution >= 4 is 27.3 Å². The van der Waals surface area contributed by atoms with Gasteiger partial charge in [0.15, 0.2) is 0 Å². The quantitative estimate of drug-likeness (QED) is 0.792. The van der Waals surface area contributed by atoms with Crippen molar-refractivity contribution in [1.29, 1.82) is 0 Å². The summed E-state index contributed by atoms with van der Waals surface area (Å²) in [5.74, 6) is -0.495. The minimum Gasteiger partial charge on any atom is -0.465 e. The van der Waals surface area contributed by atoms with Crippen LogP contribution in [0.15, 0.2) is 46.0 Å². The van der Waals surface area contributed by atoms with E-state index >= 15 is 0 Å².